The lowest BCUT2D eigenvalue weighted by molar-refractivity contribution is -0.118. The van der Waals surface area contributed by atoms with Crippen LogP contribution >= 0.6 is 11.3 Å². The standard InChI is InChI=1S/C26H26N2O2S/c1-4-30-22-13-11-20(12-14-22)16-24(29)28(17-21-8-6-5-7-9-21)26-27-25-19(3)18(2)10-15-23(25)31-26/h5-15H,4,16-17H2,1-3H3. The van der Waals surface area contributed by atoms with Crippen molar-refractivity contribution < 1.29 is 9.53 Å². The third kappa shape index (κ3) is 4.78. The number of benzene rings is 3. The fourth-order valence-electron chi connectivity index (χ4n) is 3.50. The lowest BCUT2D eigenvalue weighted by atomic mass is 10.1. The predicted octanol–water partition coefficient (Wildman–Crippen LogP) is 6.09. The van der Waals surface area contributed by atoms with E-state index < -0.39 is 0 Å². The van der Waals surface area contributed by atoms with Crippen LogP contribution < -0.4 is 9.64 Å². The highest BCUT2D eigenvalue weighted by Gasteiger charge is 2.21. The Morgan fingerprint density at radius 3 is 2.42 bits per heavy atom. The topological polar surface area (TPSA) is 42.4 Å². The smallest absolute Gasteiger partial charge is 0.233 e. The number of nitrogens with zero attached hydrogens (tertiary/aromatic N) is 2. The Hall–Kier alpha value is -3.18. The second-order valence-corrected chi connectivity index (χ2v) is 8.58. The number of carbonyl (C=O) groups is 1. The Morgan fingerprint density at radius 2 is 1.71 bits per heavy atom. The Bertz CT molecular complexity index is 1180. The highest BCUT2D eigenvalue weighted by molar-refractivity contribution is 7.22. The summed E-state index contributed by atoms with van der Waals surface area (Å²) in [4.78, 5) is 20.1. The maximum atomic E-state index is 13.4. The van der Waals surface area contributed by atoms with Crippen molar-refractivity contribution in [1.29, 1.82) is 0 Å². The lowest BCUT2D eigenvalue weighted by Gasteiger charge is -2.20. The van der Waals surface area contributed by atoms with Gasteiger partial charge in [0, 0.05) is 0 Å². The number of aryl methyl sites for hydroxylation is 2. The molecule has 0 aliphatic carbocycles. The minimum Gasteiger partial charge on any atom is -0.494 e. The molecule has 31 heavy (non-hydrogen) atoms. The molecule has 0 saturated carbocycles. The van der Waals surface area contributed by atoms with Gasteiger partial charge in [-0.05, 0) is 61.2 Å². The van der Waals surface area contributed by atoms with Crippen LogP contribution in [0, 0.1) is 13.8 Å². The third-order valence-electron chi connectivity index (χ3n) is 5.38. The number of amides is 1. The fourth-order valence-corrected chi connectivity index (χ4v) is 4.54. The van der Waals surface area contributed by atoms with Crippen LogP contribution in [-0.2, 0) is 17.8 Å². The molecule has 0 aliphatic rings. The van der Waals surface area contributed by atoms with Crippen molar-refractivity contribution in [3.63, 3.8) is 0 Å². The number of aromatic nitrogens is 1. The second kappa shape index (κ2) is 9.31. The Labute approximate surface area is 187 Å². The Balaban J connectivity index is 1.65. The van der Waals surface area contributed by atoms with Gasteiger partial charge in [0.05, 0.1) is 29.8 Å². The molecule has 1 amide bonds. The number of carbonyl (C=O) groups excluding carboxylic acids is 1. The minimum atomic E-state index is 0.0291. The average Bonchev–Trinajstić information content (AvgIpc) is 3.21. The van der Waals surface area contributed by atoms with E-state index in [2.05, 4.69) is 26.0 Å². The first-order valence-electron chi connectivity index (χ1n) is 10.5. The van der Waals surface area contributed by atoms with Gasteiger partial charge in [-0.15, -0.1) is 0 Å². The van der Waals surface area contributed by atoms with E-state index in [1.54, 1.807) is 11.3 Å². The highest BCUT2D eigenvalue weighted by Crippen LogP contribution is 2.33. The van der Waals surface area contributed by atoms with Gasteiger partial charge < -0.3 is 4.74 Å². The molecule has 4 rings (SSSR count). The zero-order valence-electron chi connectivity index (χ0n) is 18.1. The molecular weight excluding hydrogens is 404 g/mol. The summed E-state index contributed by atoms with van der Waals surface area (Å²) in [6.45, 7) is 7.26. The summed E-state index contributed by atoms with van der Waals surface area (Å²) < 4.78 is 6.61. The van der Waals surface area contributed by atoms with Gasteiger partial charge in [0.2, 0.25) is 5.91 Å². The van der Waals surface area contributed by atoms with E-state index in [1.165, 1.54) is 11.1 Å². The number of anilines is 1. The van der Waals surface area contributed by atoms with Gasteiger partial charge in [-0.1, -0.05) is 59.9 Å². The summed E-state index contributed by atoms with van der Waals surface area (Å²) in [5.41, 5.74) is 5.39. The zero-order chi connectivity index (χ0) is 21.8. The van der Waals surface area contributed by atoms with Crippen LogP contribution in [0.1, 0.15) is 29.2 Å². The zero-order valence-corrected chi connectivity index (χ0v) is 18.9. The van der Waals surface area contributed by atoms with E-state index in [4.69, 9.17) is 9.72 Å². The largest absolute Gasteiger partial charge is 0.494 e. The first-order valence-corrected chi connectivity index (χ1v) is 11.3. The van der Waals surface area contributed by atoms with Gasteiger partial charge in [0.1, 0.15) is 5.75 Å². The Morgan fingerprint density at radius 1 is 0.968 bits per heavy atom. The second-order valence-electron chi connectivity index (χ2n) is 7.57. The molecule has 5 heteroatoms. The van der Waals surface area contributed by atoms with Gasteiger partial charge in [-0.3, -0.25) is 9.69 Å². The molecule has 0 unspecified atom stereocenters. The van der Waals surface area contributed by atoms with Gasteiger partial charge in [0.15, 0.2) is 5.13 Å². The molecule has 0 spiro atoms. The summed E-state index contributed by atoms with van der Waals surface area (Å²) in [6.07, 6.45) is 0.313. The summed E-state index contributed by atoms with van der Waals surface area (Å²) >= 11 is 1.57. The van der Waals surface area contributed by atoms with Crippen molar-refractivity contribution >= 4 is 32.6 Å². The summed E-state index contributed by atoms with van der Waals surface area (Å²) in [5, 5.41) is 0.739. The van der Waals surface area contributed by atoms with Crippen LogP contribution in [0.4, 0.5) is 5.13 Å². The quantitative estimate of drug-likeness (QED) is 0.356. The maximum absolute atomic E-state index is 13.4. The van der Waals surface area contributed by atoms with Crippen molar-refractivity contribution in [3.05, 3.63) is 89.0 Å². The van der Waals surface area contributed by atoms with Gasteiger partial charge in [-0.2, -0.15) is 0 Å². The number of hydrogen-bond donors (Lipinski definition) is 0. The number of thiazole rings is 1. The van der Waals surface area contributed by atoms with Crippen molar-refractivity contribution in [1.82, 2.24) is 4.98 Å². The number of ether oxygens (including phenoxy) is 1. The third-order valence-corrected chi connectivity index (χ3v) is 6.42. The molecule has 158 valence electrons. The summed E-state index contributed by atoms with van der Waals surface area (Å²) in [7, 11) is 0. The summed E-state index contributed by atoms with van der Waals surface area (Å²) in [6, 6.07) is 22.0. The number of rotatable bonds is 7. The molecular formula is C26H26N2O2S. The van der Waals surface area contributed by atoms with E-state index in [-0.39, 0.29) is 5.91 Å². The fraction of sp³-hybridized carbons (Fsp3) is 0.231. The molecule has 0 saturated heterocycles. The van der Waals surface area contributed by atoms with Crippen molar-refractivity contribution in [2.45, 2.75) is 33.7 Å². The normalized spacial score (nSPS) is 10.9. The molecule has 3 aromatic carbocycles. The van der Waals surface area contributed by atoms with E-state index >= 15 is 0 Å². The minimum absolute atomic E-state index is 0.0291. The molecule has 0 atom stereocenters. The van der Waals surface area contributed by atoms with Crippen LogP contribution in [0.2, 0.25) is 0 Å². The predicted molar refractivity (Wildman–Crippen MR) is 128 cm³/mol. The van der Waals surface area contributed by atoms with Crippen LogP contribution in [0.5, 0.6) is 5.75 Å². The Kier molecular flexibility index (Phi) is 6.33. The highest BCUT2D eigenvalue weighted by atomic mass is 32.1. The molecule has 4 aromatic rings. The van der Waals surface area contributed by atoms with Crippen molar-refractivity contribution in [3.8, 4) is 5.75 Å². The summed E-state index contributed by atoms with van der Waals surface area (Å²) in [5.74, 6) is 0.846. The van der Waals surface area contributed by atoms with Gasteiger partial charge >= 0.3 is 0 Å². The molecule has 0 radical (unpaired) electrons. The van der Waals surface area contributed by atoms with Gasteiger partial charge in [0.25, 0.3) is 0 Å². The monoisotopic (exact) mass is 430 g/mol. The van der Waals surface area contributed by atoms with Gasteiger partial charge in [-0.25, -0.2) is 4.98 Å². The van der Waals surface area contributed by atoms with Crippen LogP contribution in [-0.4, -0.2) is 17.5 Å². The van der Waals surface area contributed by atoms with E-state index in [1.807, 2.05) is 66.4 Å². The van der Waals surface area contributed by atoms with Crippen LogP contribution in [0.15, 0.2) is 66.7 Å². The lowest BCUT2D eigenvalue weighted by Crippen LogP contribution is -2.31. The maximum Gasteiger partial charge on any atom is 0.233 e. The molecule has 1 heterocycles. The molecule has 0 N–H and O–H groups in total. The SMILES string of the molecule is CCOc1ccc(CC(=O)N(Cc2ccccc2)c2nc3c(C)c(C)ccc3s2)cc1. The molecule has 0 bridgehead atoms. The van der Waals surface area contributed by atoms with E-state index in [9.17, 15) is 4.79 Å². The van der Waals surface area contributed by atoms with E-state index in [0.29, 0.717) is 19.6 Å². The van der Waals surface area contributed by atoms with E-state index in [0.717, 1.165) is 32.2 Å². The van der Waals surface area contributed by atoms with Crippen molar-refractivity contribution in [2.75, 3.05) is 11.5 Å². The molecule has 0 fully saturated rings. The van der Waals surface area contributed by atoms with Crippen molar-refractivity contribution in [2.24, 2.45) is 0 Å². The number of hydrogen-bond acceptors (Lipinski definition) is 4. The average molecular weight is 431 g/mol. The molecule has 1 aromatic heterocycles. The number of fused-ring (bicyclic) bond motifs is 1. The first kappa shape index (κ1) is 21.1. The molecule has 4 nitrogen and oxygen atoms in total. The van der Waals surface area contributed by atoms with Crippen LogP contribution in [0.3, 0.4) is 0 Å². The van der Waals surface area contributed by atoms with Crippen LogP contribution in [0.25, 0.3) is 10.2 Å². The first-order chi connectivity index (χ1) is 15.0. The molecule has 0 aliphatic heterocycles.